The lowest BCUT2D eigenvalue weighted by molar-refractivity contribution is -0.133. The highest BCUT2D eigenvalue weighted by atomic mass is 16.6. The normalized spacial score (nSPS) is 30.8. The van der Waals surface area contributed by atoms with Gasteiger partial charge in [0.25, 0.3) is 0 Å². The molecule has 1 saturated heterocycles. The van der Waals surface area contributed by atoms with E-state index in [-0.39, 0.29) is 17.7 Å². The molecule has 2 amide bonds. The maximum Gasteiger partial charge on any atom is 0.416 e. The Morgan fingerprint density at radius 2 is 2.08 bits per heavy atom. The van der Waals surface area contributed by atoms with E-state index in [1.807, 2.05) is 30.3 Å². The van der Waals surface area contributed by atoms with Gasteiger partial charge in [-0.15, -0.1) is 0 Å². The van der Waals surface area contributed by atoms with Crippen LogP contribution in [0.15, 0.2) is 42.5 Å². The number of rotatable bonds is 5. The molecule has 5 heteroatoms. The van der Waals surface area contributed by atoms with Crippen molar-refractivity contribution in [2.45, 2.75) is 13.0 Å². The average molecular weight is 327 g/mol. The molecule has 2 fully saturated rings. The van der Waals surface area contributed by atoms with E-state index in [1.54, 1.807) is 0 Å². The lowest BCUT2D eigenvalue weighted by Gasteiger charge is -2.22. The fourth-order valence-corrected chi connectivity index (χ4v) is 4.16. The molecular formula is C19H21NO4. The molecule has 5 nitrogen and oxygen atoms in total. The van der Waals surface area contributed by atoms with Crippen molar-refractivity contribution in [3.8, 4) is 0 Å². The van der Waals surface area contributed by atoms with Gasteiger partial charge in [-0.25, -0.2) is 9.69 Å². The number of carbonyl (C=O) groups excluding carboxylic acids is 2. The fourth-order valence-electron chi connectivity index (χ4n) is 4.16. The number of imide groups is 1. The van der Waals surface area contributed by atoms with E-state index < -0.39 is 6.09 Å². The SMILES string of the molecule is O=C1OCCN1C(=O)C1CC2C=CC1C2COCc1ccccc1. The zero-order valence-electron chi connectivity index (χ0n) is 13.5. The number of allylic oxidation sites excluding steroid dienone is 2. The minimum absolute atomic E-state index is 0.0811. The van der Waals surface area contributed by atoms with Gasteiger partial charge in [0, 0.05) is 5.92 Å². The molecule has 1 saturated carbocycles. The van der Waals surface area contributed by atoms with Crippen molar-refractivity contribution in [1.29, 1.82) is 0 Å². The molecule has 126 valence electrons. The van der Waals surface area contributed by atoms with Crippen LogP contribution in [0.3, 0.4) is 0 Å². The van der Waals surface area contributed by atoms with E-state index in [1.165, 1.54) is 4.90 Å². The van der Waals surface area contributed by atoms with Crippen molar-refractivity contribution < 1.29 is 19.1 Å². The largest absolute Gasteiger partial charge is 0.447 e. The summed E-state index contributed by atoms with van der Waals surface area (Å²) in [6.45, 7) is 1.93. The molecule has 0 spiro atoms. The first-order chi connectivity index (χ1) is 11.7. The first-order valence-corrected chi connectivity index (χ1v) is 8.52. The number of nitrogens with zero attached hydrogens (tertiary/aromatic N) is 1. The summed E-state index contributed by atoms with van der Waals surface area (Å²) in [7, 11) is 0. The van der Waals surface area contributed by atoms with Crippen LogP contribution < -0.4 is 0 Å². The molecule has 2 bridgehead atoms. The summed E-state index contributed by atoms with van der Waals surface area (Å²) in [5, 5.41) is 0. The molecule has 1 aliphatic heterocycles. The van der Waals surface area contributed by atoms with Crippen LogP contribution in [-0.4, -0.2) is 36.7 Å². The third-order valence-electron chi connectivity index (χ3n) is 5.38. The van der Waals surface area contributed by atoms with Crippen molar-refractivity contribution in [2.75, 3.05) is 19.8 Å². The number of benzene rings is 1. The maximum atomic E-state index is 12.6. The first kappa shape index (κ1) is 15.4. The Labute approximate surface area is 141 Å². The van der Waals surface area contributed by atoms with Gasteiger partial charge in [0.05, 0.1) is 19.8 Å². The molecule has 1 aromatic carbocycles. The van der Waals surface area contributed by atoms with E-state index in [0.717, 1.165) is 12.0 Å². The third kappa shape index (κ3) is 2.73. The van der Waals surface area contributed by atoms with E-state index in [9.17, 15) is 9.59 Å². The molecule has 0 radical (unpaired) electrons. The van der Waals surface area contributed by atoms with E-state index in [2.05, 4.69) is 12.2 Å². The summed E-state index contributed by atoms with van der Waals surface area (Å²) in [4.78, 5) is 25.5. The number of cyclic esters (lactones) is 1. The molecule has 4 unspecified atom stereocenters. The Bertz CT molecular complexity index is 657. The second-order valence-corrected chi connectivity index (χ2v) is 6.74. The summed E-state index contributed by atoms with van der Waals surface area (Å²) in [5.41, 5.74) is 1.16. The van der Waals surface area contributed by atoms with Crippen LogP contribution in [0.25, 0.3) is 0 Å². The Hall–Kier alpha value is -2.14. The van der Waals surface area contributed by atoms with Crippen molar-refractivity contribution in [2.24, 2.45) is 23.7 Å². The Kier molecular flexibility index (Phi) is 4.10. The zero-order chi connectivity index (χ0) is 16.5. The second kappa shape index (κ2) is 6.40. The van der Waals surface area contributed by atoms with Gasteiger partial charge in [0.1, 0.15) is 6.61 Å². The second-order valence-electron chi connectivity index (χ2n) is 6.74. The van der Waals surface area contributed by atoms with Gasteiger partial charge in [0.15, 0.2) is 0 Å². The summed E-state index contributed by atoms with van der Waals surface area (Å²) in [5.74, 6) is 0.685. The summed E-state index contributed by atoms with van der Waals surface area (Å²) >= 11 is 0. The predicted molar refractivity (Wildman–Crippen MR) is 86.9 cm³/mol. The maximum absolute atomic E-state index is 12.6. The zero-order valence-corrected chi connectivity index (χ0v) is 13.5. The quantitative estimate of drug-likeness (QED) is 0.780. The lowest BCUT2D eigenvalue weighted by Crippen LogP contribution is -2.38. The van der Waals surface area contributed by atoms with Gasteiger partial charge >= 0.3 is 6.09 Å². The molecule has 4 rings (SSSR count). The highest BCUT2D eigenvalue weighted by Crippen LogP contribution is 2.49. The van der Waals surface area contributed by atoms with Gasteiger partial charge in [-0.05, 0) is 29.7 Å². The minimum Gasteiger partial charge on any atom is -0.447 e. The van der Waals surface area contributed by atoms with Crippen molar-refractivity contribution in [3.05, 3.63) is 48.0 Å². The molecular weight excluding hydrogens is 306 g/mol. The summed E-state index contributed by atoms with van der Waals surface area (Å²) in [6, 6.07) is 10.1. The van der Waals surface area contributed by atoms with Crippen LogP contribution in [-0.2, 0) is 20.9 Å². The van der Waals surface area contributed by atoms with E-state index >= 15 is 0 Å². The Morgan fingerprint density at radius 3 is 2.83 bits per heavy atom. The van der Waals surface area contributed by atoms with Crippen LogP contribution in [0.4, 0.5) is 4.79 Å². The number of hydrogen-bond donors (Lipinski definition) is 0. The smallest absolute Gasteiger partial charge is 0.416 e. The van der Waals surface area contributed by atoms with Gasteiger partial charge < -0.3 is 9.47 Å². The van der Waals surface area contributed by atoms with Crippen LogP contribution in [0.2, 0.25) is 0 Å². The Balaban J connectivity index is 1.35. The molecule has 4 atom stereocenters. The van der Waals surface area contributed by atoms with Gasteiger partial charge in [-0.2, -0.15) is 0 Å². The van der Waals surface area contributed by atoms with Gasteiger partial charge in [-0.1, -0.05) is 42.5 Å². The summed E-state index contributed by atoms with van der Waals surface area (Å²) < 4.78 is 10.8. The highest BCUT2D eigenvalue weighted by molar-refractivity contribution is 5.94. The van der Waals surface area contributed by atoms with Crippen molar-refractivity contribution >= 4 is 12.0 Å². The molecule has 1 heterocycles. The topological polar surface area (TPSA) is 55.8 Å². The number of carbonyl (C=O) groups is 2. The average Bonchev–Trinajstić information content (AvgIpc) is 3.30. The lowest BCUT2D eigenvalue weighted by atomic mass is 9.90. The van der Waals surface area contributed by atoms with Crippen LogP contribution in [0.5, 0.6) is 0 Å². The van der Waals surface area contributed by atoms with Crippen molar-refractivity contribution in [3.63, 3.8) is 0 Å². The summed E-state index contributed by atoms with van der Waals surface area (Å²) in [6.07, 6.45) is 4.65. The van der Waals surface area contributed by atoms with Crippen molar-refractivity contribution in [1.82, 2.24) is 4.90 Å². The monoisotopic (exact) mass is 327 g/mol. The molecule has 24 heavy (non-hydrogen) atoms. The molecule has 0 N–H and O–H groups in total. The van der Waals surface area contributed by atoms with Crippen LogP contribution in [0, 0.1) is 23.7 Å². The third-order valence-corrected chi connectivity index (χ3v) is 5.38. The minimum atomic E-state index is -0.497. The van der Waals surface area contributed by atoms with Gasteiger partial charge in [0.2, 0.25) is 5.91 Å². The van der Waals surface area contributed by atoms with Crippen LogP contribution in [0.1, 0.15) is 12.0 Å². The molecule has 2 aliphatic carbocycles. The Morgan fingerprint density at radius 1 is 1.25 bits per heavy atom. The standard InChI is InChI=1S/C19H21NO4/c21-18(20-8-9-24-19(20)22)16-10-14-6-7-15(16)17(14)12-23-11-13-4-2-1-3-5-13/h1-7,14-17H,8-12H2. The molecule has 3 aliphatic rings. The predicted octanol–water partition coefficient (Wildman–Crippen LogP) is 2.62. The van der Waals surface area contributed by atoms with E-state index in [4.69, 9.17) is 9.47 Å². The van der Waals surface area contributed by atoms with Gasteiger partial charge in [-0.3, -0.25) is 4.79 Å². The first-order valence-electron chi connectivity index (χ1n) is 8.52. The van der Waals surface area contributed by atoms with E-state index in [0.29, 0.717) is 38.2 Å². The fraction of sp³-hybridized carbons (Fsp3) is 0.474. The number of ether oxygens (including phenoxy) is 2. The number of hydrogen-bond acceptors (Lipinski definition) is 4. The number of amides is 2. The number of fused-ring (bicyclic) bond motifs is 2. The highest BCUT2D eigenvalue weighted by Gasteiger charge is 2.50. The molecule has 0 aromatic heterocycles. The molecule has 1 aromatic rings. The van der Waals surface area contributed by atoms with Crippen LogP contribution >= 0.6 is 0 Å².